The number of carbonyl (C=O) groups excluding carboxylic acids is 1. The van der Waals surface area contributed by atoms with Crippen LogP contribution in [0.4, 0.5) is 0 Å². The summed E-state index contributed by atoms with van der Waals surface area (Å²) in [7, 11) is 7.78. The van der Waals surface area contributed by atoms with Crippen molar-refractivity contribution in [2.24, 2.45) is 5.73 Å². The van der Waals surface area contributed by atoms with Crippen LogP contribution < -0.4 is 5.73 Å². The molecular formula is C15H32N4O2. The number of hydrogen-bond acceptors (Lipinski definition) is 5. The van der Waals surface area contributed by atoms with Gasteiger partial charge in [0.05, 0.1) is 12.5 Å². The van der Waals surface area contributed by atoms with Crippen molar-refractivity contribution < 1.29 is 9.53 Å². The van der Waals surface area contributed by atoms with E-state index in [0.717, 1.165) is 26.2 Å². The molecule has 1 fully saturated rings. The first kappa shape index (κ1) is 18.4. The van der Waals surface area contributed by atoms with E-state index in [1.807, 2.05) is 7.05 Å². The highest BCUT2D eigenvalue weighted by Crippen LogP contribution is 2.13. The van der Waals surface area contributed by atoms with Gasteiger partial charge in [-0.2, -0.15) is 0 Å². The first-order chi connectivity index (χ1) is 9.97. The topological polar surface area (TPSA) is 62.0 Å². The molecule has 0 saturated carbocycles. The van der Waals surface area contributed by atoms with Gasteiger partial charge < -0.3 is 25.2 Å². The van der Waals surface area contributed by atoms with Gasteiger partial charge >= 0.3 is 0 Å². The molecule has 21 heavy (non-hydrogen) atoms. The minimum Gasteiger partial charge on any atom is -0.380 e. The van der Waals surface area contributed by atoms with Crippen molar-refractivity contribution in [1.29, 1.82) is 0 Å². The number of rotatable bonds is 8. The summed E-state index contributed by atoms with van der Waals surface area (Å²) in [6.45, 7) is 4.37. The van der Waals surface area contributed by atoms with Crippen LogP contribution in [0, 0.1) is 0 Å². The van der Waals surface area contributed by atoms with E-state index in [-0.39, 0.29) is 12.0 Å². The van der Waals surface area contributed by atoms with E-state index in [0.29, 0.717) is 19.0 Å². The molecule has 6 heteroatoms. The highest BCUT2D eigenvalue weighted by Gasteiger charge is 2.21. The van der Waals surface area contributed by atoms with Crippen LogP contribution in [0.1, 0.15) is 19.3 Å². The van der Waals surface area contributed by atoms with E-state index in [9.17, 15) is 4.79 Å². The van der Waals surface area contributed by atoms with Gasteiger partial charge in [0.25, 0.3) is 0 Å². The van der Waals surface area contributed by atoms with Crippen molar-refractivity contribution in [3.8, 4) is 0 Å². The molecule has 6 nitrogen and oxygen atoms in total. The van der Waals surface area contributed by atoms with Crippen LogP contribution in [-0.4, -0.2) is 93.7 Å². The number of methoxy groups -OCH3 is 1. The summed E-state index contributed by atoms with van der Waals surface area (Å²) < 4.78 is 5.16. The summed E-state index contributed by atoms with van der Waals surface area (Å²) in [5.41, 5.74) is 5.55. The number of ether oxygens (including phenoxy) is 1. The SMILES string of the molecule is COC(CN)CC(=O)N(C)CCN(C)C1CCN(C)CC1. The Kier molecular flexibility index (Phi) is 8.18. The molecule has 124 valence electrons. The molecule has 0 aromatic heterocycles. The van der Waals surface area contributed by atoms with Gasteiger partial charge in [-0.25, -0.2) is 0 Å². The zero-order valence-corrected chi connectivity index (χ0v) is 14.0. The minimum absolute atomic E-state index is 0.101. The molecule has 0 aliphatic carbocycles. The number of likely N-dealkylation sites (tertiary alicyclic amines) is 1. The molecule has 1 saturated heterocycles. The largest absolute Gasteiger partial charge is 0.380 e. The number of carbonyl (C=O) groups is 1. The predicted molar refractivity (Wildman–Crippen MR) is 85.3 cm³/mol. The van der Waals surface area contributed by atoms with Crippen molar-refractivity contribution in [3.05, 3.63) is 0 Å². The van der Waals surface area contributed by atoms with Gasteiger partial charge in [0.1, 0.15) is 0 Å². The Labute approximate surface area is 129 Å². The van der Waals surface area contributed by atoms with Crippen LogP contribution in [0.3, 0.4) is 0 Å². The second-order valence-corrected chi connectivity index (χ2v) is 6.13. The van der Waals surface area contributed by atoms with Gasteiger partial charge in [0.2, 0.25) is 5.91 Å². The fourth-order valence-corrected chi connectivity index (χ4v) is 2.66. The first-order valence-corrected chi connectivity index (χ1v) is 7.83. The number of nitrogens with two attached hydrogens (primary N) is 1. The van der Waals surface area contributed by atoms with E-state index in [1.165, 1.54) is 12.8 Å². The molecule has 0 aromatic carbocycles. The Balaban J connectivity index is 2.28. The molecule has 1 unspecified atom stereocenters. The quantitative estimate of drug-likeness (QED) is 0.675. The molecule has 0 radical (unpaired) electrons. The fraction of sp³-hybridized carbons (Fsp3) is 0.933. The monoisotopic (exact) mass is 300 g/mol. The van der Waals surface area contributed by atoms with Gasteiger partial charge in [-0.15, -0.1) is 0 Å². The van der Waals surface area contributed by atoms with Gasteiger partial charge in [-0.05, 0) is 40.0 Å². The molecule has 1 rings (SSSR count). The Morgan fingerprint density at radius 2 is 1.95 bits per heavy atom. The van der Waals surface area contributed by atoms with E-state index in [1.54, 1.807) is 12.0 Å². The van der Waals surface area contributed by atoms with E-state index < -0.39 is 0 Å². The Morgan fingerprint density at radius 3 is 2.48 bits per heavy atom. The summed E-state index contributed by atoms with van der Waals surface area (Å²) in [5, 5.41) is 0. The van der Waals surface area contributed by atoms with Gasteiger partial charge in [-0.3, -0.25) is 4.79 Å². The number of piperidine rings is 1. The van der Waals surface area contributed by atoms with Gasteiger partial charge in [-0.1, -0.05) is 0 Å². The fourth-order valence-electron chi connectivity index (χ4n) is 2.66. The molecule has 1 amide bonds. The van der Waals surface area contributed by atoms with Crippen LogP contribution >= 0.6 is 0 Å². The van der Waals surface area contributed by atoms with Crippen LogP contribution in [-0.2, 0) is 9.53 Å². The highest BCUT2D eigenvalue weighted by atomic mass is 16.5. The second-order valence-electron chi connectivity index (χ2n) is 6.13. The Bertz CT molecular complexity index is 302. The summed E-state index contributed by atoms with van der Waals surface area (Å²) in [4.78, 5) is 18.6. The lowest BCUT2D eigenvalue weighted by molar-refractivity contribution is -0.132. The van der Waals surface area contributed by atoms with Crippen molar-refractivity contribution in [1.82, 2.24) is 14.7 Å². The van der Waals surface area contributed by atoms with E-state index in [4.69, 9.17) is 10.5 Å². The average molecular weight is 300 g/mol. The predicted octanol–water partition coefficient (Wildman–Crippen LogP) is -0.165. The second kappa shape index (κ2) is 9.35. The number of likely N-dealkylation sites (N-methyl/N-ethyl adjacent to an activating group) is 2. The third-order valence-electron chi connectivity index (χ3n) is 4.52. The first-order valence-electron chi connectivity index (χ1n) is 7.83. The maximum Gasteiger partial charge on any atom is 0.225 e. The maximum atomic E-state index is 12.1. The lowest BCUT2D eigenvalue weighted by atomic mass is 10.0. The van der Waals surface area contributed by atoms with Crippen LogP contribution in [0.15, 0.2) is 0 Å². The summed E-state index contributed by atoms with van der Waals surface area (Å²) in [5.74, 6) is 0.101. The molecule has 0 aromatic rings. The van der Waals surface area contributed by atoms with Crippen molar-refractivity contribution in [3.63, 3.8) is 0 Å². The molecule has 1 aliphatic rings. The zero-order valence-electron chi connectivity index (χ0n) is 14.0. The van der Waals surface area contributed by atoms with Crippen molar-refractivity contribution in [2.45, 2.75) is 31.4 Å². The Hall–Kier alpha value is -0.690. The average Bonchev–Trinajstić information content (AvgIpc) is 2.50. The Morgan fingerprint density at radius 1 is 1.33 bits per heavy atom. The van der Waals surface area contributed by atoms with Crippen molar-refractivity contribution in [2.75, 3.05) is 61.0 Å². The van der Waals surface area contributed by atoms with Crippen LogP contribution in [0.5, 0.6) is 0 Å². The molecule has 0 bridgehead atoms. The molecule has 1 atom stereocenters. The molecule has 2 N–H and O–H groups in total. The molecular weight excluding hydrogens is 268 g/mol. The third kappa shape index (κ3) is 6.30. The van der Waals surface area contributed by atoms with Crippen molar-refractivity contribution >= 4 is 5.91 Å². The van der Waals surface area contributed by atoms with Crippen LogP contribution in [0.2, 0.25) is 0 Å². The zero-order chi connectivity index (χ0) is 15.8. The molecule has 1 heterocycles. The standard InChI is InChI=1S/C15H32N4O2/c1-17-7-5-13(6-8-17)18(2)9-10-19(3)15(20)11-14(12-16)21-4/h13-14H,5-12,16H2,1-4H3. The summed E-state index contributed by atoms with van der Waals surface area (Å²) in [6.07, 6.45) is 2.61. The van der Waals surface area contributed by atoms with E-state index >= 15 is 0 Å². The third-order valence-corrected chi connectivity index (χ3v) is 4.52. The van der Waals surface area contributed by atoms with Crippen LogP contribution in [0.25, 0.3) is 0 Å². The van der Waals surface area contributed by atoms with Gasteiger partial charge in [0, 0.05) is 39.8 Å². The normalized spacial score (nSPS) is 19.0. The minimum atomic E-state index is -0.174. The number of amides is 1. The number of hydrogen-bond donors (Lipinski definition) is 1. The lowest BCUT2D eigenvalue weighted by Crippen LogP contribution is -2.45. The van der Waals surface area contributed by atoms with E-state index in [2.05, 4.69) is 23.9 Å². The van der Waals surface area contributed by atoms with Gasteiger partial charge in [0.15, 0.2) is 0 Å². The summed E-state index contributed by atoms with van der Waals surface area (Å²) >= 11 is 0. The molecule has 1 aliphatic heterocycles. The molecule has 0 spiro atoms. The highest BCUT2D eigenvalue weighted by molar-refractivity contribution is 5.76. The smallest absolute Gasteiger partial charge is 0.225 e. The number of nitrogens with zero attached hydrogens (tertiary/aromatic N) is 3. The maximum absolute atomic E-state index is 12.1. The summed E-state index contributed by atoms with van der Waals surface area (Å²) in [6, 6.07) is 0.639. The lowest BCUT2D eigenvalue weighted by Gasteiger charge is -2.35.